The molecule has 3 aliphatic rings. The Kier molecular flexibility index (Phi) is 5.41. The minimum atomic E-state index is -3.76. The Balaban J connectivity index is 1.33. The first-order valence-electron chi connectivity index (χ1n) is 13.3. The average molecular weight is 559 g/mol. The van der Waals surface area contributed by atoms with Gasteiger partial charge in [0.15, 0.2) is 13.5 Å². The standard InChI is InChI=1S/C32H23N4O4P/c37-41(28-12-4-2-10-24(28)23-9-1-3-11-26(23)40-41)32-25-19-36(30-14-6-8-16-34-30)20-38-27(25)17-22-18-35(21-39-31(22)32)29-13-5-7-15-33-29/h1,3-9,11-17H,18-21H2. The van der Waals surface area contributed by atoms with Crippen LogP contribution in [0.5, 0.6) is 17.2 Å². The molecule has 41 heavy (non-hydrogen) atoms. The van der Waals surface area contributed by atoms with E-state index >= 15 is 4.57 Å². The molecule has 8 rings (SSSR count). The second-order valence-corrected chi connectivity index (χ2v) is 12.2. The van der Waals surface area contributed by atoms with Gasteiger partial charge < -0.3 is 23.8 Å². The smallest absolute Gasteiger partial charge is 0.312 e. The van der Waals surface area contributed by atoms with Gasteiger partial charge >= 0.3 is 7.37 Å². The van der Waals surface area contributed by atoms with Crippen LogP contribution in [0.15, 0.2) is 91.3 Å². The van der Waals surface area contributed by atoms with E-state index in [0.29, 0.717) is 53.2 Å². The van der Waals surface area contributed by atoms with Gasteiger partial charge in [-0.2, -0.15) is 0 Å². The summed E-state index contributed by atoms with van der Waals surface area (Å²) >= 11 is 0. The molecule has 1 unspecified atom stereocenters. The van der Waals surface area contributed by atoms with Crippen LogP contribution in [0.3, 0.4) is 0 Å². The van der Waals surface area contributed by atoms with Crippen LogP contribution in [0.1, 0.15) is 11.1 Å². The third kappa shape index (κ3) is 3.81. The van der Waals surface area contributed by atoms with E-state index in [2.05, 4.69) is 22.1 Å². The van der Waals surface area contributed by atoms with Crippen LogP contribution in [0.2, 0.25) is 0 Å². The first-order chi connectivity index (χ1) is 20.2. The summed E-state index contributed by atoms with van der Waals surface area (Å²) in [6, 6.07) is 30.9. The molecule has 200 valence electrons. The molecule has 5 heterocycles. The molecule has 5 aromatic rings. The first kappa shape index (κ1) is 23.9. The summed E-state index contributed by atoms with van der Waals surface area (Å²) in [4.78, 5) is 13.1. The molecule has 3 aliphatic heterocycles. The maximum absolute atomic E-state index is 15.5. The number of para-hydroxylation sites is 1. The van der Waals surface area contributed by atoms with Crippen LogP contribution >= 0.6 is 7.37 Å². The molecular formula is C32H23N4O4P. The minimum Gasteiger partial charge on any atom is -0.473 e. The number of hydrogen-bond donors (Lipinski definition) is 0. The van der Waals surface area contributed by atoms with Crippen LogP contribution < -0.4 is 34.4 Å². The third-order valence-corrected chi connectivity index (χ3v) is 10.1. The topological polar surface area (TPSA) is 77.0 Å². The molecule has 8 nitrogen and oxygen atoms in total. The maximum atomic E-state index is 15.5. The summed E-state index contributed by atoms with van der Waals surface area (Å²) in [6.45, 7) is 1.49. The predicted molar refractivity (Wildman–Crippen MR) is 155 cm³/mol. The molecule has 0 N–H and O–H groups in total. The Bertz CT molecular complexity index is 1830. The zero-order valence-corrected chi connectivity index (χ0v) is 22.8. The fourth-order valence-electron chi connectivity index (χ4n) is 5.68. The van der Waals surface area contributed by atoms with Gasteiger partial charge in [-0.1, -0.05) is 36.4 Å². The lowest BCUT2D eigenvalue weighted by molar-refractivity contribution is 0.275. The Morgan fingerprint density at radius 2 is 1.54 bits per heavy atom. The molecule has 0 radical (unpaired) electrons. The van der Waals surface area contributed by atoms with Crippen LogP contribution in [0, 0.1) is 12.1 Å². The summed E-state index contributed by atoms with van der Waals surface area (Å²) in [5.74, 6) is 3.31. The van der Waals surface area contributed by atoms with E-state index in [1.165, 1.54) is 0 Å². The molecule has 0 fully saturated rings. The SMILES string of the molecule is O=P1(c2c3c(cc4c2OCN(c2ccccn2)C4)OCN(c2ccccn2)C3)Oc2ccccc2-c2c#cccc21. The van der Waals surface area contributed by atoms with Crippen LogP contribution in [-0.2, 0) is 17.7 Å². The van der Waals surface area contributed by atoms with Gasteiger partial charge in [-0.15, -0.1) is 0 Å². The van der Waals surface area contributed by atoms with Crippen molar-refractivity contribution in [3.8, 4) is 28.4 Å². The van der Waals surface area contributed by atoms with Gasteiger partial charge in [0.1, 0.15) is 34.2 Å². The van der Waals surface area contributed by atoms with E-state index < -0.39 is 7.37 Å². The second kappa shape index (κ2) is 9.29. The van der Waals surface area contributed by atoms with Crippen molar-refractivity contribution in [3.05, 3.63) is 115 Å². The van der Waals surface area contributed by atoms with Gasteiger partial charge in [-0.3, -0.25) is 4.57 Å². The summed E-state index contributed by atoms with van der Waals surface area (Å²) in [5.41, 5.74) is 3.16. The maximum Gasteiger partial charge on any atom is 0.312 e. The lowest BCUT2D eigenvalue weighted by Gasteiger charge is -2.38. The fourth-order valence-corrected chi connectivity index (χ4v) is 8.30. The number of hydrogen-bond acceptors (Lipinski definition) is 8. The Labute approximate surface area is 237 Å². The molecular weight excluding hydrogens is 535 g/mol. The molecule has 0 saturated carbocycles. The normalized spacial score (nSPS) is 18.3. The number of nitrogens with zero attached hydrogens (tertiary/aromatic N) is 4. The third-order valence-electron chi connectivity index (χ3n) is 7.57. The predicted octanol–water partition coefficient (Wildman–Crippen LogP) is 5.08. The van der Waals surface area contributed by atoms with Crippen molar-refractivity contribution in [2.24, 2.45) is 0 Å². The van der Waals surface area contributed by atoms with Crippen molar-refractivity contribution < 1.29 is 18.6 Å². The molecule has 0 saturated heterocycles. The van der Waals surface area contributed by atoms with Crippen molar-refractivity contribution in [1.82, 2.24) is 9.97 Å². The summed E-state index contributed by atoms with van der Waals surface area (Å²) in [5, 5.41) is 1.08. The van der Waals surface area contributed by atoms with Crippen LogP contribution in [-0.4, -0.2) is 23.4 Å². The van der Waals surface area contributed by atoms with E-state index in [-0.39, 0.29) is 6.73 Å². The van der Waals surface area contributed by atoms with E-state index in [4.69, 9.17) is 14.0 Å². The molecule has 3 aromatic carbocycles. The van der Waals surface area contributed by atoms with Crippen molar-refractivity contribution in [2.45, 2.75) is 13.1 Å². The number of rotatable bonds is 3. The molecule has 0 bridgehead atoms. The van der Waals surface area contributed by atoms with E-state index in [1.807, 2.05) is 82.6 Å². The first-order valence-corrected chi connectivity index (χ1v) is 14.9. The highest BCUT2D eigenvalue weighted by atomic mass is 31.2. The number of aromatic nitrogens is 2. The summed E-state index contributed by atoms with van der Waals surface area (Å²) < 4.78 is 34.9. The molecule has 0 aliphatic carbocycles. The number of fused-ring (bicyclic) bond motifs is 5. The highest BCUT2D eigenvalue weighted by Crippen LogP contribution is 2.57. The van der Waals surface area contributed by atoms with Gasteiger partial charge in [0.25, 0.3) is 0 Å². The highest BCUT2D eigenvalue weighted by Gasteiger charge is 2.45. The Morgan fingerprint density at radius 3 is 2.32 bits per heavy atom. The largest absolute Gasteiger partial charge is 0.473 e. The summed E-state index contributed by atoms with van der Waals surface area (Å²) in [7, 11) is -3.76. The minimum absolute atomic E-state index is 0.249. The zero-order valence-electron chi connectivity index (χ0n) is 21.9. The molecule has 2 aromatic heterocycles. The lowest BCUT2D eigenvalue weighted by Crippen LogP contribution is -2.41. The van der Waals surface area contributed by atoms with Gasteiger partial charge in [-0.25, -0.2) is 9.97 Å². The van der Waals surface area contributed by atoms with Gasteiger partial charge in [0.2, 0.25) is 0 Å². The zero-order chi connectivity index (χ0) is 27.4. The Morgan fingerprint density at radius 1 is 0.805 bits per heavy atom. The van der Waals surface area contributed by atoms with Crippen molar-refractivity contribution in [2.75, 3.05) is 23.3 Å². The van der Waals surface area contributed by atoms with Gasteiger partial charge in [-0.05, 0) is 54.6 Å². The molecule has 1 atom stereocenters. The molecule has 0 spiro atoms. The van der Waals surface area contributed by atoms with Crippen LogP contribution in [0.25, 0.3) is 11.1 Å². The van der Waals surface area contributed by atoms with Crippen LogP contribution in [0.4, 0.5) is 11.6 Å². The number of pyridine rings is 2. The number of ether oxygens (including phenoxy) is 2. The monoisotopic (exact) mass is 558 g/mol. The number of benzene rings is 2. The molecule has 9 heteroatoms. The molecule has 0 amide bonds. The number of anilines is 2. The second-order valence-electron chi connectivity index (χ2n) is 10.0. The van der Waals surface area contributed by atoms with Crippen molar-refractivity contribution in [1.29, 1.82) is 0 Å². The lowest BCUT2D eigenvalue weighted by atomic mass is 10.1. The van der Waals surface area contributed by atoms with E-state index in [1.54, 1.807) is 18.5 Å². The van der Waals surface area contributed by atoms with Gasteiger partial charge in [0, 0.05) is 29.1 Å². The van der Waals surface area contributed by atoms with Crippen molar-refractivity contribution >= 4 is 29.6 Å². The average Bonchev–Trinajstić information content (AvgIpc) is 3.04. The summed E-state index contributed by atoms with van der Waals surface area (Å²) in [6.07, 6.45) is 3.51. The van der Waals surface area contributed by atoms with Gasteiger partial charge in [0.05, 0.1) is 24.0 Å². The quantitative estimate of drug-likeness (QED) is 0.284. The van der Waals surface area contributed by atoms with E-state index in [9.17, 15) is 0 Å². The fraction of sp³-hybridized carbons (Fsp3) is 0.125. The van der Waals surface area contributed by atoms with E-state index in [0.717, 1.165) is 28.3 Å². The van der Waals surface area contributed by atoms with Crippen molar-refractivity contribution in [3.63, 3.8) is 0 Å². The Hall–Kier alpha value is -4.99. The highest BCUT2D eigenvalue weighted by molar-refractivity contribution is 7.75.